The summed E-state index contributed by atoms with van der Waals surface area (Å²) in [6.45, 7) is 24.2. The molecule has 0 aliphatic rings. The number of rotatable bonds is 10. The van der Waals surface area contributed by atoms with E-state index in [-0.39, 0.29) is 48.9 Å². The van der Waals surface area contributed by atoms with E-state index in [2.05, 4.69) is 132 Å². The molecule has 0 bridgehead atoms. The maximum absolute atomic E-state index is 11.7. The van der Waals surface area contributed by atoms with Crippen LogP contribution in [0.3, 0.4) is 0 Å². The van der Waals surface area contributed by atoms with Crippen LogP contribution in [0.4, 0.5) is 0 Å². The molecule has 1 N–H and O–H groups in total. The number of benzene rings is 4. The van der Waals surface area contributed by atoms with Gasteiger partial charge in [-0.2, -0.15) is 12.5 Å². The Labute approximate surface area is 342 Å². The molecule has 0 spiro atoms. The third-order valence-corrected chi connectivity index (χ3v) is 11.5. The molecular formula is C50H59IrN2O2-. The first-order chi connectivity index (χ1) is 25.8. The van der Waals surface area contributed by atoms with Crippen LogP contribution in [0, 0.1) is 31.2 Å². The summed E-state index contributed by atoms with van der Waals surface area (Å²) in [5.74, 6) is 0.937. The predicted octanol–water partition coefficient (Wildman–Crippen LogP) is 13.3. The van der Waals surface area contributed by atoms with Crippen LogP contribution in [0.25, 0.3) is 60.1 Å². The van der Waals surface area contributed by atoms with Gasteiger partial charge < -0.3 is 14.1 Å². The number of nitrogens with zero attached hydrogens (tertiary/aromatic N) is 2. The molecule has 0 aliphatic heterocycles. The average molecular weight is 912 g/mol. The third kappa shape index (κ3) is 7.76. The van der Waals surface area contributed by atoms with E-state index in [4.69, 9.17) is 0 Å². The average Bonchev–Trinajstić information content (AvgIpc) is 3.65. The van der Waals surface area contributed by atoms with Crippen molar-refractivity contribution in [3.05, 3.63) is 121 Å². The van der Waals surface area contributed by atoms with E-state index in [1.807, 2.05) is 32.3 Å². The summed E-state index contributed by atoms with van der Waals surface area (Å²) in [4.78, 5) is 11.7. The smallest absolute Gasteiger partial charge is 0.162 e. The zero-order chi connectivity index (χ0) is 39.1. The summed E-state index contributed by atoms with van der Waals surface area (Å²) < 4.78 is 4.55. The molecule has 0 atom stereocenters. The summed E-state index contributed by atoms with van der Waals surface area (Å²) in [7, 11) is 4.50. The second-order valence-corrected chi connectivity index (χ2v) is 16.7. The van der Waals surface area contributed by atoms with Gasteiger partial charge in [0.05, 0.1) is 34.2 Å². The fourth-order valence-corrected chi connectivity index (χ4v) is 8.57. The van der Waals surface area contributed by atoms with E-state index in [9.17, 15) is 9.90 Å². The van der Waals surface area contributed by atoms with Crippen LogP contribution < -0.4 is 4.57 Å². The molecular weight excluding hydrogens is 853 g/mol. The van der Waals surface area contributed by atoms with Crippen molar-refractivity contribution in [2.45, 2.75) is 100 Å². The monoisotopic (exact) mass is 912 g/mol. The first-order valence-electron chi connectivity index (χ1n) is 20.0. The summed E-state index contributed by atoms with van der Waals surface area (Å²) in [5.41, 5.74) is 10.0. The van der Waals surface area contributed by atoms with Gasteiger partial charge in [0.15, 0.2) is 5.78 Å². The van der Waals surface area contributed by atoms with E-state index in [0.717, 1.165) is 48.9 Å². The fraction of sp³-hybridized carbons (Fsp3) is 0.360. The van der Waals surface area contributed by atoms with Crippen molar-refractivity contribution in [3.8, 4) is 11.3 Å². The van der Waals surface area contributed by atoms with Crippen LogP contribution >= 0.6 is 0 Å². The molecule has 3 heterocycles. The summed E-state index contributed by atoms with van der Waals surface area (Å²) in [6, 6.07) is 26.9. The number of para-hydroxylation sites is 1. The third-order valence-electron chi connectivity index (χ3n) is 11.5. The Kier molecular flexibility index (Phi) is 12.8. The van der Waals surface area contributed by atoms with Crippen molar-refractivity contribution in [1.29, 1.82) is 0 Å². The molecule has 0 aliphatic carbocycles. The van der Waals surface area contributed by atoms with Gasteiger partial charge >= 0.3 is 0 Å². The van der Waals surface area contributed by atoms with E-state index in [1.54, 1.807) is 0 Å². The van der Waals surface area contributed by atoms with Gasteiger partial charge in [0.1, 0.15) is 0 Å². The van der Waals surface area contributed by atoms with Crippen molar-refractivity contribution in [2.24, 2.45) is 17.3 Å². The van der Waals surface area contributed by atoms with E-state index in [0.29, 0.717) is 5.92 Å². The molecule has 0 saturated heterocycles. The molecule has 5 heteroatoms. The number of aliphatic hydroxyl groups excluding tert-OH is 1. The molecule has 7 rings (SSSR count). The minimum atomic E-state index is 0. The van der Waals surface area contributed by atoms with E-state index in [1.165, 1.54) is 66.1 Å². The van der Waals surface area contributed by atoms with Crippen LogP contribution in [0.15, 0.2) is 90.8 Å². The first kappa shape index (κ1) is 41.8. The molecule has 291 valence electrons. The maximum atomic E-state index is 11.7. The summed E-state index contributed by atoms with van der Waals surface area (Å²) in [6.07, 6.45) is 8.05. The Morgan fingerprint density at radius 2 is 1.38 bits per heavy atom. The molecule has 4 aromatic carbocycles. The van der Waals surface area contributed by atoms with Crippen molar-refractivity contribution < 1.29 is 34.6 Å². The molecule has 55 heavy (non-hydrogen) atoms. The normalized spacial score (nSPS) is 12.5. The van der Waals surface area contributed by atoms with Crippen molar-refractivity contribution in [2.75, 3.05) is 0 Å². The largest absolute Gasteiger partial charge is 0.512 e. The van der Waals surface area contributed by atoms with Gasteiger partial charge in [-0.05, 0) is 66.5 Å². The molecule has 0 fully saturated rings. The topological polar surface area (TPSA) is 45.6 Å². The number of carbonyl (C=O) groups excluding carboxylic acids is 1. The van der Waals surface area contributed by atoms with Crippen molar-refractivity contribution >= 4 is 54.7 Å². The first-order valence-corrected chi connectivity index (χ1v) is 20.0. The Balaban J connectivity index is 0.000000311. The van der Waals surface area contributed by atoms with Crippen LogP contribution in [-0.2, 0) is 31.3 Å². The number of ketones is 1. The summed E-state index contributed by atoms with van der Waals surface area (Å²) >= 11 is 0. The predicted molar refractivity (Wildman–Crippen MR) is 231 cm³/mol. The Bertz CT molecular complexity index is 2490. The number of fused-ring (bicyclic) bond motifs is 7. The van der Waals surface area contributed by atoms with Gasteiger partial charge in [-0.25, -0.2) is 0 Å². The van der Waals surface area contributed by atoms with Gasteiger partial charge in [-0.1, -0.05) is 122 Å². The van der Waals surface area contributed by atoms with Crippen molar-refractivity contribution in [1.82, 2.24) is 4.40 Å². The fourth-order valence-electron chi connectivity index (χ4n) is 8.57. The standard InChI is InChI=1S/C37H35N2.C13H24O2.Ir/c1-22(2)30-20-31(23(3)25-12-8-9-13-26(25)30)35-36-28(18-19-38(35)7)27-17-16-24(21-37(4,5)6)33-29-14-10-11-15-32(29)39(36)34(27)33;1-5-10(6-2)12(14)9-13(15)11(7-3)8-4;/h8-20,22H,3,7,21H2,1-2,4-6H3;9-11,14H,5-8H2,1-4H3;/q-1;;/b;12-9-;. The molecule has 0 unspecified atom stereocenters. The quantitative estimate of drug-likeness (QED) is 0.0643. The minimum Gasteiger partial charge on any atom is -0.512 e. The molecule has 1 radical (unpaired) electrons. The maximum Gasteiger partial charge on any atom is 0.162 e. The number of hydrogen-bond acceptors (Lipinski definition) is 2. The number of aromatic nitrogens is 2. The molecule has 3 aromatic heterocycles. The van der Waals surface area contributed by atoms with Crippen LogP contribution in [0.5, 0.6) is 0 Å². The van der Waals surface area contributed by atoms with Gasteiger partial charge in [0.25, 0.3) is 0 Å². The minimum absolute atomic E-state index is 0. The Morgan fingerprint density at radius 1 is 0.800 bits per heavy atom. The van der Waals surface area contributed by atoms with Crippen LogP contribution in [0.1, 0.15) is 111 Å². The zero-order valence-electron chi connectivity index (χ0n) is 34.3. The number of allylic oxidation sites excluding steroid dienone is 2. The van der Waals surface area contributed by atoms with Crippen LogP contribution in [-0.4, -0.2) is 15.3 Å². The van der Waals surface area contributed by atoms with Gasteiger partial charge in [-0.3, -0.25) is 4.79 Å². The van der Waals surface area contributed by atoms with E-state index >= 15 is 0 Å². The van der Waals surface area contributed by atoms with Gasteiger partial charge in [-0.15, -0.1) is 23.1 Å². The number of hydrogen-bond donors (Lipinski definition) is 1. The summed E-state index contributed by atoms with van der Waals surface area (Å²) in [5, 5.41) is 17.5. The van der Waals surface area contributed by atoms with Crippen molar-refractivity contribution in [3.63, 3.8) is 0 Å². The molecule has 0 saturated carbocycles. The molecule has 0 amide bonds. The van der Waals surface area contributed by atoms with Gasteiger partial charge in [0, 0.05) is 61.2 Å². The number of aliphatic hydroxyl groups is 1. The second-order valence-electron chi connectivity index (χ2n) is 16.7. The second kappa shape index (κ2) is 16.8. The number of pyridine rings is 1. The number of carbonyl (C=O) groups is 1. The van der Waals surface area contributed by atoms with Gasteiger partial charge in [0.2, 0.25) is 0 Å². The SMILES string of the molecule is CCC(CC)C(=O)/C=C(\O)C(CC)CC.[CH2-]c1c(-c2c3c(cc[n+]2[CH2-])c2ccc(CC(C)(C)C)c4c5ccccc5n3c24)cc(C(C)C)c2ccccc12.[Ir]. The molecule has 7 aromatic rings. The molecule has 4 nitrogen and oxygen atoms in total. The van der Waals surface area contributed by atoms with Crippen LogP contribution in [0.2, 0.25) is 0 Å². The Hall–Kier alpha value is -4.31. The van der Waals surface area contributed by atoms with E-state index < -0.39 is 0 Å². The zero-order valence-corrected chi connectivity index (χ0v) is 36.7. The Morgan fingerprint density at radius 3 is 1.98 bits per heavy atom.